The molecule has 40 heavy (non-hydrogen) atoms. The number of benzene rings is 6. The summed E-state index contributed by atoms with van der Waals surface area (Å²) in [6.45, 7) is 9.62. The molecular weight excluding hydrogens is 548 g/mol. The Morgan fingerprint density at radius 1 is 0.475 bits per heavy atom. The van der Waals surface area contributed by atoms with Crippen LogP contribution < -0.4 is 0 Å². The zero-order valence-electron chi connectivity index (χ0n) is 23.3. The van der Waals surface area contributed by atoms with E-state index in [0.29, 0.717) is 0 Å². The minimum Gasteiger partial charge on any atom is -0.0619 e. The molecule has 194 valence electrons. The Kier molecular flexibility index (Phi) is 4.94. The number of halogens is 1. The summed E-state index contributed by atoms with van der Waals surface area (Å²) in [6.07, 6.45) is 0. The van der Waals surface area contributed by atoms with E-state index in [1.165, 1.54) is 76.1 Å². The van der Waals surface area contributed by atoms with Crippen LogP contribution in [0.4, 0.5) is 0 Å². The fraction of sp³-hybridized carbons (Fsp3) is 0.179. The number of hydrogen-bond acceptors (Lipinski definition) is 0. The molecule has 0 saturated carbocycles. The maximum atomic E-state index is 3.99. The topological polar surface area (TPSA) is 0 Å². The van der Waals surface area contributed by atoms with Crippen molar-refractivity contribution in [3.8, 4) is 11.1 Å². The monoisotopic (exact) mass is 578 g/mol. The van der Waals surface area contributed by atoms with Crippen molar-refractivity contribution in [1.82, 2.24) is 0 Å². The number of hydrogen-bond donors (Lipinski definition) is 0. The quantitative estimate of drug-likeness (QED) is 0.170. The van der Waals surface area contributed by atoms with Gasteiger partial charge in [0.15, 0.2) is 0 Å². The molecule has 0 N–H and O–H groups in total. The molecule has 1 atom stereocenters. The van der Waals surface area contributed by atoms with E-state index in [-0.39, 0.29) is 16.7 Å². The number of fused-ring (bicyclic) bond motifs is 7. The van der Waals surface area contributed by atoms with E-state index in [9.17, 15) is 0 Å². The lowest BCUT2D eigenvalue weighted by Crippen LogP contribution is -2.30. The predicted molar refractivity (Wildman–Crippen MR) is 173 cm³/mol. The summed E-state index contributed by atoms with van der Waals surface area (Å²) < 4.78 is 1.18. The highest BCUT2D eigenvalue weighted by Gasteiger charge is 2.43. The van der Waals surface area contributed by atoms with Crippen molar-refractivity contribution in [2.24, 2.45) is 0 Å². The third-order valence-electron chi connectivity index (χ3n) is 9.88. The molecule has 6 aromatic rings. The average molecular weight is 580 g/mol. The van der Waals surface area contributed by atoms with Gasteiger partial charge in [-0.05, 0) is 93.6 Å². The Morgan fingerprint density at radius 3 is 1.68 bits per heavy atom. The van der Waals surface area contributed by atoms with E-state index in [1.807, 2.05) is 0 Å². The molecule has 0 spiro atoms. The van der Waals surface area contributed by atoms with Gasteiger partial charge < -0.3 is 0 Å². The smallest absolute Gasteiger partial charge is 0.0358 e. The van der Waals surface area contributed by atoms with Crippen molar-refractivity contribution in [1.29, 1.82) is 0 Å². The van der Waals surface area contributed by atoms with Gasteiger partial charge in [0, 0.05) is 21.2 Å². The van der Waals surface area contributed by atoms with Crippen LogP contribution in [0.5, 0.6) is 0 Å². The highest BCUT2D eigenvalue weighted by Crippen LogP contribution is 2.57. The predicted octanol–water partition coefficient (Wildman–Crippen LogP) is 10.9. The first kappa shape index (κ1) is 24.1. The number of rotatable bonds is 1. The molecule has 0 amide bonds. The van der Waals surface area contributed by atoms with Crippen molar-refractivity contribution >= 4 is 37.5 Å². The van der Waals surface area contributed by atoms with Crippen molar-refractivity contribution < 1.29 is 0 Å². The van der Waals surface area contributed by atoms with Gasteiger partial charge in [-0.15, -0.1) is 0 Å². The first-order valence-corrected chi connectivity index (χ1v) is 15.1. The molecule has 0 heterocycles. The van der Waals surface area contributed by atoms with Crippen LogP contribution in [0.1, 0.15) is 72.6 Å². The first-order chi connectivity index (χ1) is 19.3. The molecule has 0 aliphatic heterocycles. The first-order valence-electron chi connectivity index (χ1n) is 14.3. The Morgan fingerprint density at radius 2 is 1.00 bits per heavy atom. The third kappa shape index (κ3) is 3.02. The van der Waals surface area contributed by atoms with Crippen molar-refractivity contribution in [2.45, 2.75) is 44.4 Å². The summed E-state index contributed by atoms with van der Waals surface area (Å²) in [5, 5.41) is 5.19. The summed E-state index contributed by atoms with van der Waals surface area (Å²) in [4.78, 5) is 0. The van der Waals surface area contributed by atoms with Crippen LogP contribution in [0.25, 0.3) is 32.7 Å². The SMILES string of the molecule is CC1(C)c2ccccc2-c2cc3c(cc21)C(c1c2ccccc2c(Br)c2ccccc12)c1ccccc1C3(C)C. The van der Waals surface area contributed by atoms with Gasteiger partial charge in [0.1, 0.15) is 0 Å². The van der Waals surface area contributed by atoms with Gasteiger partial charge in [-0.3, -0.25) is 0 Å². The van der Waals surface area contributed by atoms with Gasteiger partial charge in [0.2, 0.25) is 0 Å². The van der Waals surface area contributed by atoms with Crippen LogP contribution in [-0.4, -0.2) is 0 Å². The molecule has 0 nitrogen and oxygen atoms in total. The molecule has 0 radical (unpaired) electrons. The molecule has 0 aromatic heterocycles. The molecule has 8 rings (SSSR count). The normalized spacial score (nSPS) is 17.8. The molecular formula is C39H31Br. The highest BCUT2D eigenvalue weighted by atomic mass is 79.9. The van der Waals surface area contributed by atoms with Crippen molar-refractivity contribution in [2.75, 3.05) is 0 Å². The van der Waals surface area contributed by atoms with Crippen LogP contribution in [-0.2, 0) is 10.8 Å². The van der Waals surface area contributed by atoms with E-state index in [0.717, 1.165) is 0 Å². The molecule has 2 aliphatic carbocycles. The van der Waals surface area contributed by atoms with E-state index in [4.69, 9.17) is 0 Å². The van der Waals surface area contributed by atoms with E-state index in [2.05, 4.69) is 153 Å². The largest absolute Gasteiger partial charge is 0.0619 e. The van der Waals surface area contributed by atoms with Gasteiger partial charge in [0.25, 0.3) is 0 Å². The van der Waals surface area contributed by atoms with E-state index in [1.54, 1.807) is 0 Å². The Labute approximate surface area is 244 Å². The second-order valence-electron chi connectivity index (χ2n) is 12.6. The molecule has 0 fully saturated rings. The van der Waals surface area contributed by atoms with Gasteiger partial charge in [-0.2, -0.15) is 0 Å². The maximum absolute atomic E-state index is 3.99. The lowest BCUT2D eigenvalue weighted by atomic mass is 9.62. The Bertz CT molecular complexity index is 1970. The second kappa shape index (κ2) is 8.18. The van der Waals surface area contributed by atoms with Crippen LogP contribution >= 0.6 is 15.9 Å². The van der Waals surface area contributed by atoms with E-state index >= 15 is 0 Å². The zero-order chi connectivity index (χ0) is 27.4. The lowest BCUT2D eigenvalue weighted by molar-refractivity contribution is 0.595. The molecule has 1 unspecified atom stereocenters. The summed E-state index contributed by atoms with van der Waals surface area (Å²) in [6, 6.07) is 41.2. The van der Waals surface area contributed by atoms with Crippen LogP contribution in [0.3, 0.4) is 0 Å². The Balaban J connectivity index is 1.55. The highest BCUT2D eigenvalue weighted by molar-refractivity contribution is 9.10. The molecule has 0 saturated heterocycles. The van der Waals surface area contributed by atoms with Crippen LogP contribution in [0.15, 0.2) is 114 Å². The molecule has 1 heteroatoms. The fourth-order valence-electron chi connectivity index (χ4n) is 7.91. The van der Waals surface area contributed by atoms with Gasteiger partial charge in [-0.1, -0.05) is 131 Å². The van der Waals surface area contributed by atoms with Gasteiger partial charge in [-0.25, -0.2) is 0 Å². The minimum atomic E-state index is -0.111. The standard InChI is InChI=1S/C39H31Br/c1-38(2)31-19-11-9-13-23(31)29-21-34-30(22-33(29)38)36(28-18-10-12-20-32(28)39(34,3)4)35-24-14-5-7-16-26(24)37(40)27-17-8-6-15-25(27)35/h5-22,36H,1-4H3. The summed E-state index contributed by atoms with van der Waals surface area (Å²) in [7, 11) is 0. The van der Waals surface area contributed by atoms with Gasteiger partial charge in [0.05, 0.1) is 0 Å². The van der Waals surface area contributed by atoms with Gasteiger partial charge >= 0.3 is 0 Å². The molecule has 6 aromatic carbocycles. The molecule has 0 bridgehead atoms. The average Bonchev–Trinajstić information content (AvgIpc) is 3.20. The van der Waals surface area contributed by atoms with Crippen molar-refractivity contribution in [3.63, 3.8) is 0 Å². The molecule has 2 aliphatic rings. The summed E-state index contributed by atoms with van der Waals surface area (Å²) in [5.41, 5.74) is 12.6. The summed E-state index contributed by atoms with van der Waals surface area (Å²) in [5.74, 6) is 0.131. The zero-order valence-corrected chi connectivity index (χ0v) is 24.9. The minimum absolute atomic E-state index is 0.0452. The van der Waals surface area contributed by atoms with E-state index < -0.39 is 0 Å². The third-order valence-corrected chi connectivity index (χ3v) is 10.7. The fourth-order valence-corrected chi connectivity index (χ4v) is 8.60. The second-order valence-corrected chi connectivity index (χ2v) is 13.4. The Hall–Kier alpha value is -3.68. The summed E-state index contributed by atoms with van der Waals surface area (Å²) >= 11 is 3.99. The lowest BCUT2D eigenvalue weighted by Gasteiger charge is -2.41. The maximum Gasteiger partial charge on any atom is 0.0358 e. The van der Waals surface area contributed by atoms with Crippen LogP contribution in [0.2, 0.25) is 0 Å². The van der Waals surface area contributed by atoms with Crippen molar-refractivity contribution in [3.05, 3.63) is 153 Å². The van der Waals surface area contributed by atoms with Crippen LogP contribution in [0, 0.1) is 0 Å².